The molecule has 0 saturated carbocycles. The fourth-order valence-electron chi connectivity index (χ4n) is 2.49. The highest BCUT2D eigenvalue weighted by atomic mass is 16.5. The van der Waals surface area contributed by atoms with Gasteiger partial charge < -0.3 is 14.8 Å². The van der Waals surface area contributed by atoms with E-state index in [1.807, 2.05) is 42.5 Å². The number of hydrogen-bond acceptors (Lipinski definition) is 3. The van der Waals surface area contributed by atoms with Crippen LogP contribution in [0.3, 0.4) is 0 Å². The van der Waals surface area contributed by atoms with E-state index in [2.05, 4.69) is 31.0 Å². The van der Waals surface area contributed by atoms with Crippen molar-refractivity contribution in [2.75, 3.05) is 20.3 Å². The van der Waals surface area contributed by atoms with Gasteiger partial charge in [0.15, 0.2) is 18.1 Å². The number of ether oxygens (including phenoxy) is 2. The Labute approximate surface area is 149 Å². The van der Waals surface area contributed by atoms with Crippen LogP contribution in [0.25, 0.3) is 0 Å². The second kappa shape index (κ2) is 9.52. The molecule has 0 radical (unpaired) electrons. The summed E-state index contributed by atoms with van der Waals surface area (Å²) in [4.78, 5) is 12.0. The molecule has 1 amide bonds. The molecular weight excluding hydrogens is 314 g/mol. The van der Waals surface area contributed by atoms with E-state index in [1.54, 1.807) is 7.11 Å². The Morgan fingerprint density at radius 1 is 1.20 bits per heavy atom. The highest BCUT2D eigenvalue weighted by molar-refractivity contribution is 5.77. The maximum absolute atomic E-state index is 12.0. The maximum Gasteiger partial charge on any atom is 0.257 e. The predicted molar refractivity (Wildman–Crippen MR) is 100 cm³/mol. The first-order chi connectivity index (χ1) is 12.1. The lowest BCUT2D eigenvalue weighted by Gasteiger charge is -2.14. The summed E-state index contributed by atoms with van der Waals surface area (Å²) in [6, 6.07) is 15.7. The molecular formula is C21H25NO3. The first-order valence-electron chi connectivity index (χ1n) is 8.36. The van der Waals surface area contributed by atoms with E-state index in [1.165, 1.54) is 5.56 Å². The van der Waals surface area contributed by atoms with E-state index < -0.39 is 0 Å². The Bertz CT molecular complexity index is 698. The van der Waals surface area contributed by atoms with E-state index in [4.69, 9.17) is 9.47 Å². The fourth-order valence-corrected chi connectivity index (χ4v) is 2.49. The number of rotatable bonds is 9. The number of carbonyl (C=O) groups is 1. The van der Waals surface area contributed by atoms with Crippen LogP contribution in [0.1, 0.15) is 24.0 Å². The molecule has 4 nitrogen and oxygen atoms in total. The molecule has 0 saturated heterocycles. The van der Waals surface area contributed by atoms with Crippen molar-refractivity contribution < 1.29 is 14.3 Å². The van der Waals surface area contributed by atoms with Gasteiger partial charge in [-0.15, -0.1) is 6.58 Å². The molecule has 2 aromatic rings. The van der Waals surface area contributed by atoms with Crippen LogP contribution in [0.2, 0.25) is 0 Å². The van der Waals surface area contributed by atoms with Crippen molar-refractivity contribution in [3.8, 4) is 11.5 Å². The molecule has 0 aliphatic carbocycles. The lowest BCUT2D eigenvalue weighted by atomic mass is 10.0. The van der Waals surface area contributed by atoms with E-state index >= 15 is 0 Å². The van der Waals surface area contributed by atoms with E-state index in [0.29, 0.717) is 18.0 Å². The highest BCUT2D eigenvalue weighted by Gasteiger charge is 2.10. The van der Waals surface area contributed by atoms with Crippen molar-refractivity contribution in [3.05, 3.63) is 72.3 Å². The summed E-state index contributed by atoms with van der Waals surface area (Å²) in [5.41, 5.74) is 2.28. The molecule has 0 aliphatic heterocycles. The molecule has 0 aliphatic rings. The zero-order valence-corrected chi connectivity index (χ0v) is 14.8. The largest absolute Gasteiger partial charge is 0.493 e. The molecule has 2 aromatic carbocycles. The van der Waals surface area contributed by atoms with Crippen LogP contribution in [-0.4, -0.2) is 26.2 Å². The van der Waals surface area contributed by atoms with Crippen molar-refractivity contribution in [1.82, 2.24) is 5.32 Å². The summed E-state index contributed by atoms with van der Waals surface area (Å²) < 4.78 is 10.9. The first kappa shape index (κ1) is 18.6. The summed E-state index contributed by atoms with van der Waals surface area (Å²) in [7, 11) is 1.58. The minimum Gasteiger partial charge on any atom is -0.493 e. The molecule has 2 rings (SSSR count). The summed E-state index contributed by atoms with van der Waals surface area (Å²) in [5.74, 6) is 1.27. The number of methoxy groups -OCH3 is 1. The predicted octanol–water partition coefficient (Wildman–Crippen LogP) is 3.72. The van der Waals surface area contributed by atoms with Crippen molar-refractivity contribution in [2.45, 2.75) is 19.3 Å². The Balaban J connectivity index is 1.84. The van der Waals surface area contributed by atoms with E-state index in [0.717, 1.165) is 12.0 Å². The van der Waals surface area contributed by atoms with E-state index in [-0.39, 0.29) is 18.4 Å². The highest BCUT2D eigenvalue weighted by Crippen LogP contribution is 2.28. The number of benzene rings is 2. The van der Waals surface area contributed by atoms with Crippen LogP contribution in [-0.2, 0) is 11.2 Å². The minimum absolute atomic E-state index is 0.0430. The molecule has 132 valence electrons. The average molecular weight is 339 g/mol. The molecule has 0 spiro atoms. The second-order valence-electron chi connectivity index (χ2n) is 5.88. The molecule has 0 fully saturated rings. The number of nitrogens with one attached hydrogen (secondary N) is 1. The number of hydrogen-bond donors (Lipinski definition) is 1. The Morgan fingerprint density at radius 2 is 1.96 bits per heavy atom. The van der Waals surface area contributed by atoms with Gasteiger partial charge in [-0.2, -0.15) is 0 Å². The number of carbonyl (C=O) groups excluding carboxylic acids is 1. The fraction of sp³-hybridized carbons (Fsp3) is 0.286. The van der Waals surface area contributed by atoms with Gasteiger partial charge in [0.2, 0.25) is 0 Å². The molecule has 25 heavy (non-hydrogen) atoms. The molecule has 4 heteroatoms. The molecule has 0 aromatic heterocycles. The van der Waals surface area contributed by atoms with Gasteiger partial charge in [-0.1, -0.05) is 49.4 Å². The topological polar surface area (TPSA) is 47.6 Å². The Hall–Kier alpha value is -2.75. The van der Waals surface area contributed by atoms with Gasteiger partial charge in [0, 0.05) is 6.54 Å². The summed E-state index contributed by atoms with van der Waals surface area (Å²) in [6.45, 7) is 6.33. The standard InChI is InChI=1S/C21H25NO3/c1-4-8-17-11-12-19(20(13-17)24-3)25-15-21(23)22-14-16(2)18-9-6-5-7-10-18/h4-7,9-13,16H,1,8,14-15H2,2-3H3,(H,22,23). The van der Waals surface area contributed by atoms with Crippen molar-refractivity contribution in [2.24, 2.45) is 0 Å². The molecule has 1 N–H and O–H groups in total. The Kier molecular flexibility index (Phi) is 7.08. The third-order valence-corrected chi connectivity index (χ3v) is 3.94. The molecule has 1 atom stereocenters. The van der Waals surface area contributed by atoms with Gasteiger partial charge in [-0.25, -0.2) is 0 Å². The van der Waals surface area contributed by atoms with Gasteiger partial charge in [-0.05, 0) is 35.6 Å². The number of allylic oxidation sites excluding steroid dienone is 1. The second-order valence-corrected chi connectivity index (χ2v) is 5.88. The van der Waals surface area contributed by atoms with Crippen LogP contribution in [0.5, 0.6) is 11.5 Å². The van der Waals surface area contributed by atoms with Crippen molar-refractivity contribution in [1.29, 1.82) is 0 Å². The SMILES string of the molecule is C=CCc1ccc(OCC(=O)NCC(C)c2ccccc2)c(OC)c1. The third-order valence-electron chi connectivity index (χ3n) is 3.94. The maximum atomic E-state index is 12.0. The van der Waals surface area contributed by atoms with Crippen LogP contribution in [0.15, 0.2) is 61.2 Å². The number of amides is 1. The van der Waals surface area contributed by atoms with Crippen LogP contribution < -0.4 is 14.8 Å². The van der Waals surface area contributed by atoms with Gasteiger partial charge in [0.25, 0.3) is 5.91 Å². The van der Waals surface area contributed by atoms with Gasteiger partial charge in [-0.3, -0.25) is 4.79 Å². The normalized spacial score (nSPS) is 11.4. The zero-order valence-electron chi connectivity index (χ0n) is 14.8. The monoisotopic (exact) mass is 339 g/mol. The summed E-state index contributed by atoms with van der Waals surface area (Å²) >= 11 is 0. The molecule has 1 unspecified atom stereocenters. The lowest BCUT2D eigenvalue weighted by molar-refractivity contribution is -0.123. The van der Waals surface area contributed by atoms with Crippen LogP contribution in [0, 0.1) is 0 Å². The van der Waals surface area contributed by atoms with E-state index in [9.17, 15) is 4.79 Å². The zero-order chi connectivity index (χ0) is 18.1. The lowest BCUT2D eigenvalue weighted by Crippen LogP contribution is -2.31. The minimum atomic E-state index is -0.153. The van der Waals surface area contributed by atoms with Gasteiger partial charge >= 0.3 is 0 Å². The molecule has 0 bridgehead atoms. The van der Waals surface area contributed by atoms with Crippen molar-refractivity contribution >= 4 is 5.91 Å². The van der Waals surface area contributed by atoms with Crippen LogP contribution in [0.4, 0.5) is 0 Å². The van der Waals surface area contributed by atoms with Crippen LogP contribution >= 0.6 is 0 Å². The first-order valence-corrected chi connectivity index (χ1v) is 8.36. The molecule has 0 heterocycles. The quantitative estimate of drug-likeness (QED) is 0.708. The van der Waals surface area contributed by atoms with Gasteiger partial charge in [0.1, 0.15) is 0 Å². The summed E-state index contributed by atoms with van der Waals surface area (Å²) in [6.07, 6.45) is 2.59. The Morgan fingerprint density at radius 3 is 2.64 bits per heavy atom. The third kappa shape index (κ3) is 5.68. The summed E-state index contributed by atoms with van der Waals surface area (Å²) in [5, 5.41) is 2.90. The van der Waals surface area contributed by atoms with Crippen molar-refractivity contribution in [3.63, 3.8) is 0 Å². The smallest absolute Gasteiger partial charge is 0.257 e. The average Bonchev–Trinajstić information content (AvgIpc) is 2.65. The van der Waals surface area contributed by atoms with Gasteiger partial charge in [0.05, 0.1) is 7.11 Å².